The first-order valence-corrected chi connectivity index (χ1v) is 8.92. The number of nitrogens with zero attached hydrogens (tertiary/aromatic N) is 2. The van der Waals surface area contributed by atoms with Crippen molar-refractivity contribution in [2.75, 3.05) is 6.54 Å². The molecular weight excluding hydrogens is 244 g/mol. The van der Waals surface area contributed by atoms with E-state index in [0.29, 0.717) is 12.2 Å². The summed E-state index contributed by atoms with van der Waals surface area (Å²) in [5.74, 6) is 0. The predicted octanol–water partition coefficient (Wildman–Crippen LogP) is 5.36. The summed E-state index contributed by atoms with van der Waals surface area (Å²) in [7, 11) is 0. The van der Waals surface area contributed by atoms with Crippen LogP contribution >= 0.6 is 0 Å². The van der Waals surface area contributed by atoms with Crippen LogP contribution in [0.25, 0.3) is 0 Å². The van der Waals surface area contributed by atoms with E-state index in [1.54, 1.807) is 0 Å². The second-order valence-corrected chi connectivity index (χ2v) is 6.47. The highest BCUT2D eigenvalue weighted by Crippen LogP contribution is 2.24. The zero-order chi connectivity index (χ0) is 14.8. The highest BCUT2D eigenvalue weighted by Gasteiger charge is 2.26. The summed E-state index contributed by atoms with van der Waals surface area (Å²) in [5.41, 5.74) is 0. The van der Waals surface area contributed by atoms with Crippen molar-refractivity contribution in [3.63, 3.8) is 0 Å². The molecule has 0 fully saturated rings. The van der Waals surface area contributed by atoms with Gasteiger partial charge in [0.25, 0.3) is 0 Å². The first-order valence-electron chi connectivity index (χ1n) is 8.92. The molecule has 1 atom stereocenters. The van der Waals surface area contributed by atoms with Gasteiger partial charge in [0, 0.05) is 25.0 Å². The molecule has 0 radical (unpaired) electrons. The minimum absolute atomic E-state index is 0.614. The molecule has 118 valence electrons. The summed E-state index contributed by atoms with van der Waals surface area (Å²) in [6.07, 6.45) is 17.6. The lowest BCUT2D eigenvalue weighted by Gasteiger charge is -2.35. The Kier molecular flexibility index (Phi) is 8.80. The highest BCUT2D eigenvalue weighted by atomic mass is 15.4. The Balaban J connectivity index is 2.24. The maximum absolute atomic E-state index is 2.54. The molecule has 0 saturated carbocycles. The van der Waals surface area contributed by atoms with Crippen LogP contribution in [-0.2, 0) is 0 Å². The van der Waals surface area contributed by atoms with E-state index in [1.807, 2.05) is 0 Å². The van der Waals surface area contributed by atoms with Gasteiger partial charge >= 0.3 is 0 Å². The second kappa shape index (κ2) is 10.1. The monoisotopic (exact) mass is 280 g/mol. The van der Waals surface area contributed by atoms with Crippen molar-refractivity contribution in [3.8, 4) is 0 Å². The first kappa shape index (κ1) is 17.4. The predicted molar refractivity (Wildman–Crippen MR) is 89.5 cm³/mol. The zero-order valence-corrected chi connectivity index (χ0v) is 14.3. The number of hydrogen-bond acceptors (Lipinski definition) is 2. The van der Waals surface area contributed by atoms with Crippen LogP contribution in [0, 0.1) is 0 Å². The van der Waals surface area contributed by atoms with Crippen molar-refractivity contribution < 1.29 is 0 Å². The fourth-order valence-corrected chi connectivity index (χ4v) is 3.13. The van der Waals surface area contributed by atoms with Crippen LogP contribution < -0.4 is 0 Å². The van der Waals surface area contributed by atoms with Gasteiger partial charge in [0.1, 0.15) is 6.17 Å². The number of rotatable bonds is 11. The van der Waals surface area contributed by atoms with Gasteiger partial charge in [0.05, 0.1) is 0 Å². The van der Waals surface area contributed by atoms with Crippen molar-refractivity contribution in [1.82, 2.24) is 9.80 Å². The minimum atomic E-state index is 0.614. The molecule has 2 heteroatoms. The maximum Gasteiger partial charge on any atom is 0.101 e. The summed E-state index contributed by atoms with van der Waals surface area (Å²) < 4.78 is 0. The molecule has 1 aliphatic rings. The van der Waals surface area contributed by atoms with E-state index in [9.17, 15) is 0 Å². The average molecular weight is 281 g/mol. The van der Waals surface area contributed by atoms with Crippen LogP contribution in [-0.4, -0.2) is 28.6 Å². The van der Waals surface area contributed by atoms with E-state index in [4.69, 9.17) is 0 Å². The van der Waals surface area contributed by atoms with Gasteiger partial charge in [0.15, 0.2) is 0 Å². The van der Waals surface area contributed by atoms with E-state index in [0.717, 1.165) is 0 Å². The van der Waals surface area contributed by atoms with Crippen molar-refractivity contribution in [2.24, 2.45) is 0 Å². The van der Waals surface area contributed by atoms with Crippen LogP contribution in [0.1, 0.15) is 85.5 Å². The molecule has 0 N–H and O–H groups in total. The Morgan fingerprint density at radius 2 is 1.50 bits per heavy atom. The molecule has 0 aromatic rings. The van der Waals surface area contributed by atoms with Gasteiger partial charge in [-0.2, -0.15) is 0 Å². The number of hydrogen-bond donors (Lipinski definition) is 0. The van der Waals surface area contributed by atoms with E-state index in [-0.39, 0.29) is 0 Å². The average Bonchev–Trinajstić information content (AvgIpc) is 2.81. The Morgan fingerprint density at radius 3 is 2.10 bits per heavy atom. The Labute approximate surface area is 127 Å². The molecular formula is C18H36N2. The Bertz CT molecular complexity index is 260. The summed E-state index contributed by atoms with van der Waals surface area (Å²) in [6, 6.07) is 0.614. The SMILES string of the molecule is CCCCCCCCCC1N(CCC)C=CN1C(C)C. The minimum Gasteiger partial charge on any atom is -0.356 e. The smallest absolute Gasteiger partial charge is 0.101 e. The van der Waals surface area contributed by atoms with Gasteiger partial charge in [-0.05, 0) is 33.1 Å². The summed E-state index contributed by atoms with van der Waals surface area (Å²) >= 11 is 0. The molecule has 0 saturated heterocycles. The van der Waals surface area contributed by atoms with Gasteiger partial charge in [0.2, 0.25) is 0 Å². The van der Waals surface area contributed by atoms with Gasteiger partial charge in [-0.15, -0.1) is 0 Å². The van der Waals surface area contributed by atoms with Crippen LogP contribution in [0.4, 0.5) is 0 Å². The largest absolute Gasteiger partial charge is 0.356 e. The summed E-state index contributed by atoms with van der Waals surface area (Å²) in [5, 5.41) is 0. The maximum atomic E-state index is 2.54. The van der Waals surface area contributed by atoms with Crippen molar-refractivity contribution in [1.29, 1.82) is 0 Å². The fraction of sp³-hybridized carbons (Fsp3) is 0.889. The molecule has 0 bridgehead atoms. The normalized spacial score (nSPS) is 18.6. The fourth-order valence-electron chi connectivity index (χ4n) is 3.13. The number of unbranched alkanes of at least 4 members (excludes halogenated alkanes) is 6. The van der Waals surface area contributed by atoms with Crippen LogP contribution in [0.15, 0.2) is 12.4 Å². The Hall–Kier alpha value is -0.660. The molecule has 0 amide bonds. The second-order valence-electron chi connectivity index (χ2n) is 6.47. The lowest BCUT2D eigenvalue weighted by Crippen LogP contribution is -2.42. The quantitative estimate of drug-likeness (QED) is 0.470. The molecule has 0 aromatic heterocycles. The molecule has 1 rings (SSSR count). The molecule has 1 aliphatic heterocycles. The summed E-state index contributed by atoms with van der Waals surface area (Å²) in [4.78, 5) is 5.07. The third-order valence-electron chi connectivity index (χ3n) is 4.30. The molecule has 1 heterocycles. The highest BCUT2D eigenvalue weighted by molar-refractivity contribution is 4.98. The van der Waals surface area contributed by atoms with Gasteiger partial charge < -0.3 is 9.80 Å². The lowest BCUT2D eigenvalue weighted by atomic mass is 10.1. The summed E-state index contributed by atoms with van der Waals surface area (Å²) in [6.45, 7) is 10.4. The van der Waals surface area contributed by atoms with E-state index < -0.39 is 0 Å². The van der Waals surface area contributed by atoms with Crippen molar-refractivity contribution in [2.45, 2.75) is 97.7 Å². The molecule has 0 spiro atoms. The lowest BCUT2D eigenvalue weighted by molar-refractivity contribution is 0.115. The standard InChI is InChI=1S/C18H36N2/c1-5-7-8-9-10-11-12-13-18-19(14-6-2)15-16-20(18)17(3)4/h15-18H,5-14H2,1-4H3. The van der Waals surface area contributed by atoms with Crippen molar-refractivity contribution in [3.05, 3.63) is 12.4 Å². The molecule has 0 aliphatic carbocycles. The third kappa shape index (κ3) is 5.76. The van der Waals surface area contributed by atoms with Gasteiger partial charge in [-0.25, -0.2) is 0 Å². The van der Waals surface area contributed by atoms with Crippen LogP contribution in [0.2, 0.25) is 0 Å². The van der Waals surface area contributed by atoms with Gasteiger partial charge in [-0.3, -0.25) is 0 Å². The molecule has 0 aromatic carbocycles. The van der Waals surface area contributed by atoms with E-state index in [2.05, 4.69) is 49.9 Å². The molecule has 1 unspecified atom stereocenters. The van der Waals surface area contributed by atoms with Crippen molar-refractivity contribution >= 4 is 0 Å². The van der Waals surface area contributed by atoms with E-state index >= 15 is 0 Å². The van der Waals surface area contributed by atoms with Crippen LogP contribution in [0.5, 0.6) is 0 Å². The Morgan fingerprint density at radius 1 is 0.850 bits per heavy atom. The van der Waals surface area contributed by atoms with Crippen LogP contribution in [0.3, 0.4) is 0 Å². The first-order chi connectivity index (χ1) is 9.70. The molecule has 20 heavy (non-hydrogen) atoms. The van der Waals surface area contributed by atoms with E-state index in [1.165, 1.54) is 64.3 Å². The van der Waals surface area contributed by atoms with Gasteiger partial charge in [-0.1, -0.05) is 52.4 Å². The third-order valence-corrected chi connectivity index (χ3v) is 4.30. The topological polar surface area (TPSA) is 6.48 Å². The molecule has 2 nitrogen and oxygen atoms in total. The zero-order valence-electron chi connectivity index (χ0n) is 14.3.